The van der Waals surface area contributed by atoms with Crippen molar-refractivity contribution in [1.82, 2.24) is 18.3 Å². The maximum Gasteiger partial charge on any atom is 0.0619 e. The Hall–Kier alpha value is -12.5. The minimum absolute atomic E-state index is 1.19. The van der Waals surface area contributed by atoms with E-state index < -0.39 is 0 Å². The van der Waals surface area contributed by atoms with E-state index in [0.29, 0.717) is 0 Å². The van der Waals surface area contributed by atoms with Gasteiger partial charge in [0.05, 0.1) is 44.1 Å². The van der Waals surface area contributed by atoms with Crippen molar-refractivity contribution >= 4 is 87.2 Å². The fourth-order valence-corrected chi connectivity index (χ4v) is 14.3. The average Bonchev–Trinajstić information content (AvgIpc) is 1.63. The largest absolute Gasteiger partial charge is 0.309 e. The molecule has 0 bridgehead atoms. The normalized spacial score (nSPS) is 11.3. The minimum Gasteiger partial charge on any atom is -0.309 e. The molecule has 15 aromatic carbocycles. The zero-order valence-corrected chi connectivity index (χ0v) is 55.4. The average molecular weight is 1260 g/mol. The highest BCUT2D eigenvalue weighted by molar-refractivity contribution is 6.17. The molecule has 0 N–H and O–H groups in total. The van der Waals surface area contributed by atoms with Crippen LogP contribution in [-0.4, -0.2) is 18.3 Å². The summed E-state index contributed by atoms with van der Waals surface area (Å²) in [6.07, 6.45) is 0. The molecule has 4 heterocycles. The summed E-state index contributed by atoms with van der Waals surface area (Å²) >= 11 is 0. The number of aryl methyl sites for hydroxylation is 4. The van der Waals surface area contributed by atoms with E-state index in [0.717, 1.165) is 0 Å². The van der Waals surface area contributed by atoms with Crippen LogP contribution in [0.5, 0.6) is 0 Å². The van der Waals surface area contributed by atoms with Crippen LogP contribution in [-0.2, 0) is 0 Å². The van der Waals surface area contributed by atoms with Gasteiger partial charge in [0.1, 0.15) is 0 Å². The third kappa shape index (κ3) is 11.4. The van der Waals surface area contributed by atoms with Gasteiger partial charge in [-0.05, 0) is 147 Å². The van der Waals surface area contributed by atoms with Crippen molar-refractivity contribution in [2.24, 2.45) is 0 Å². The summed E-state index contributed by atoms with van der Waals surface area (Å²) in [6.45, 7) is 8.50. The lowest BCUT2D eigenvalue weighted by Crippen LogP contribution is -1.95. The van der Waals surface area contributed by atoms with E-state index in [-0.39, 0.29) is 0 Å². The number of hydrogen-bond acceptors (Lipinski definition) is 0. The van der Waals surface area contributed by atoms with E-state index >= 15 is 0 Å². The van der Waals surface area contributed by atoms with E-state index in [9.17, 15) is 0 Å². The van der Waals surface area contributed by atoms with Crippen molar-refractivity contribution in [1.29, 1.82) is 0 Å². The summed E-state index contributed by atoms with van der Waals surface area (Å²) in [5.41, 5.74) is 27.5. The van der Waals surface area contributed by atoms with Gasteiger partial charge in [-0.1, -0.05) is 295 Å². The molecular formula is C94H72N4. The van der Waals surface area contributed by atoms with Crippen molar-refractivity contribution in [3.63, 3.8) is 0 Å². The van der Waals surface area contributed by atoms with Gasteiger partial charge >= 0.3 is 0 Å². The lowest BCUT2D eigenvalue weighted by atomic mass is 9.99. The van der Waals surface area contributed by atoms with Crippen LogP contribution < -0.4 is 0 Å². The second kappa shape index (κ2) is 26.4. The number of hydrogen-bond donors (Lipinski definition) is 0. The first-order valence-corrected chi connectivity index (χ1v) is 33.8. The molecule has 98 heavy (non-hydrogen) atoms. The van der Waals surface area contributed by atoms with Gasteiger partial charge in [-0.3, -0.25) is 0 Å². The van der Waals surface area contributed by atoms with Crippen molar-refractivity contribution in [3.8, 4) is 56.1 Å². The van der Waals surface area contributed by atoms with E-state index in [1.807, 2.05) is 0 Å². The summed E-state index contributed by atoms with van der Waals surface area (Å²) in [5.74, 6) is 0. The third-order valence-electron chi connectivity index (χ3n) is 19.1. The molecule has 0 aliphatic rings. The minimum atomic E-state index is 1.19. The van der Waals surface area contributed by atoms with Crippen LogP contribution in [0.3, 0.4) is 0 Å². The summed E-state index contributed by atoms with van der Waals surface area (Å²) in [7, 11) is 0. The molecule has 0 spiro atoms. The van der Waals surface area contributed by atoms with Crippen molar-refractivity contribution < 1.29 is 0 Å². The molecule has 468 valence electrons. The number of fused-ring (bicyclic) bond motifs is 12. The van der Waals surface area contributed by atoms with E-state index in [1.165, 1.54) is 166 Å². The van der Waals surface area contributed by atoms with E-state index in [2.05, 4.69) is 410 Å². The number of nitrogens with zero attached hydrogens (tertiary/aromatic N) is 4. The van der Waals surface area contributed by atoms with E-state index in [1.54, 1.807) is 0 Å². The number of rotatable bonds is 7. The SMILES string of the molecule is Cc1ccc(-c2ccc(-n3c4ccccc4c4ccccc43)cc2)cc1.Cc1ccc(-c2cccc3c2c2ccccc2n3-c2ccccc2)cc1.Cc1ccc(-c2cccc3c4ccccc4n(-c4ccccc4)c23)cc1.Cc1ccc(-n2c3ccccc3c3ccccc32)cc1. The highest BCUT2D eigenvalue weighted by Gasteiger charge is 2.19. The zero-order valence-electron chi connectivity index (χ0n) is 55.4. The molecular weight excluding hydrogens is 1190 g/mol. The van der Waals surface area contributed by atoms with Crippen LogP contribution in [0.1, 0.15) is 22.3 Å². The number of para-hydroxylation sites is 9. The van der Waals surface area contributed by atoms with Crippen LogP contribution in [0.25, 0.3) is 143 Å². The molecule has 4 heteroatoms. The molecule has 19 rings (SSSR count). The lowest BCUT2D eigenvalue weighted by Gasteiger charge is -2.11. The standard InChI is InChI=1S/3C25H19N.C19H15N/c1-18-10-12-19(13-11-18)20-14-16-21(17-15-20)26-24-8-4-2-6-22(24)23-7-3-5-9-25(23)26;1-18-14-16-19(17-15-18)21-11-7-12-23-22-10-5-6-13-24(22)26(25(21)23)20-8-3-2-4-9-20;1-18-14-16-19(17-15-18)21-11-7-13-24-25(21)22-10-5-6-12-23(22)26(24)20-8-3-2-4-9-20;1-14-10-12-15(13-11-14)20-18-8-4-2-6-16(18)17-7-3-5-9-19(17)20/h3*2-17H,1H3;2-13H,1H3. The van der Waals surface area contributed by atoms with Crippen LogP contribution in [0.15, 0.2) is 364 Å². The maximum atomic E-state index is 2.39. The third-order valence-corrected chi connectivity index (χ3v) is 19.1. The first-order chi connectivity index (χ1) is 48.3. The smallest absolute Gasteiger partial charge is 0.0619 e. The highest BCUT2D eigenvalue weighted by Crippen LogP contribution is 2.41. The van der Waals surface area contributed by atoms with Gasteiger partial charge in [-0.15, -0.1) is 0 Å². The van der Waals surface area contributed by atoms with Gasteiger partial charge in [0.2, 0.25) is 0 Å². The van der Waals surface area contributed by atoms with Crippen molar-refractivity contribution in [3.05, 3.63) is 386 Å². The van der Waals surface area contributed by atoms with Crippen LogP contribution in [0.2, 0.25) is 0 Å². The molecule has 0 radical (unpaired) electrons. The molecule has 4 nitrogen and oxygen atoms in total. The van der Waals surface area contributed by atoms with Crippen LogP contribution in [0, 0.1) is 27.7 Å². The van der Waals surface area contributed by atoms with Gasteiger partial charge < -0.3 is 18.3 Å². The molecule has 0 aliphatic carbocycles. The molecule has 0 atom stereocenters. The van der Waals surface area contributed by atoms with Gasteiger partial charge in [0.25, 0.3) is 0 Å². The van der Waals surface area contributed by atoms with Crippen LogP contribution in [0.4, 0.5) is 0 Å². The fourth-order valence-electron chi connectivity index (χ4n) is 14.3. The van der Waals surface area contributed by atoms with Gasteiger partial charge in [0, 0.05) is 71.4 Å². The Bertz CT molecular complexity index is 5920. The Morgan fingerprint density at radius 3 is 0.857 bits per heavy atom. The molecule has 0 amide bonds. The maximum absolute atomic E-state index is 2.39. The lowest BCUT2D eigenvalue weighted by molar-refractivity contribution is 1.17. The van der Waals surface area contributed by atoms with Crippen LogP contribution >= 0.6 is 0 Å². The van der Waals surface area contributed by atoms with Gasteiger partial charge in [0.15, 0.2) is 0 Å². The van der Waals surface area contributed by atoms with Crippen molar-refractivity contribution in [2.75, 3.05) is 0 Å². The fraction of sp³-hybridized carbons (Fsp3) is 0.0426. The highest BCUT2D eigenvalue weighted by atomic mass is 15.0. The van der Waals surface area contributed by atoms with E-state index in [4.69, 9.17) is 0 Å². The Morgan fingerprint density at radius 2 is 0.418 bits per heavy atom. The zero-order chi connectivity index (χ0) is 66.1. The summed E-state index contributed by atoms with van der Waals surface area (Å²) < 4.78 is 9.44. The first kappa shape index (κ1) is 60.4. The molecule has 19 aromatic rings. The van der Waals surface area contributed by atoms with Crippen molar-refractivity contribution in [2.45, 2.75) is 27.7 Å². The first-order valence-electron chi connectivity index (χ1n) is 33.8. The quantitative estimate of drug-likeness (QED) is 0.152. The molecule has 0 saturated heterocycles. The predicted octanol–water partition coefficient (Wildman–Crippen LogP) is 25.4. The molecule has 4 aromatic heterocycles. The summed E-state index contributed by atoms with van der Waals surface area (Å²) in [6, 6.07) is 130. The summed E-state index contributed by atoms with van der Waals surface area (Å²) in [4.78, 5) is 0. The molecule has 0 saturated carbocycles. The predicted molar refractivity (Wildman–Crippen MR) is 418 cm³/mol. The van der Waals surface area contributed by atoms with Gasteiger partial charge in [-0.25, -0.2) is 0 Å². The Labute approximate surface area is 572 Å². The molecule has 0 aliphatic heterocycles. The topological polar surface area (TPSA) is 19.7 Å². The second-order valence-corrected chi connectivity index (χ2v) is 25.5. The molecule has 0 unspecified atom stereocenters. The Morgan fingerprint density at radius 1 is 0.163 bits per heavy atom. The number of aromatic nitrogens is 4. The monoisotopic (exact) mass is 1260 g/mol. The van der Waals surface area contributed by atoms with Gasteiger partial charge in [-0.2, -0.15) is 0 Å². The summed E-state index contributed by atoms with van der Waals surface area (Å²) in [5, 5.41) is 10.4. The molecule has 0 fully saturated rings. The Kier molecular flexibility index (Phi) is 16.3. The Balaban J connectivity index is 0.000000103. The second-order valence-electron chi connectivity index (χ2n) is 25.5. The number of benzene rings is 15.